The van der Waals surface area contributed by atoms with Gasteiger partial charge in [0.1, 0.15) is 19.0 Å². The minimum Gasteiger partial charge on any atom is -0.481 e. The summed E-state index contributed by atoms with van der Waals surface area (Å²) < 4.78 is 21.6. The number of Topliss-reactive ketones (excluding diaryl/α,β-unsaturated/α-hetero) is 1. The number of hydrogen-bond acceptors (Lipinski definition) is 11. The fraction of sp³-hybridized carbons (Fsp3) is 0.844. The summed E-state index contributed by atoms with van der Waals surface area (Å²) in [6.07, 6.45) is 19.2. The number of aliphatic carboxylic acids is 3. The van der Waals surface area contributed by atoms with Gasteiger partial charge in [-0.3, -0.25) is 33.6 Å². The third-order valence-corrected chi connectivity index (χ3v) is 10.2. The molecule has 17 heteroatoms. The molecule has 0 aromatic carbocycles. The maximum atomic E-state index is 12.4. The quantitative estimate of drug-likeness (QED) is 0.0393. The first-order chi connectivity index (χ1) is 29.9. The Morgan fingerprint density at radius 2 is 0.839 bits per heavy atom. The zero-order valence-electron chi connectivity index (χ0n) is 37.7. The number of hydrogen-bond donors (Lipinski definition) is 6. The Hall–Kier alpha value is -3.67. The van der Waals surface area contributed by atoms with Gasteiger partial charge in [0.05, 0.1) is 38.3 Å². The fourth-order valence-corrected chi connectivity index (χ4v) is 6.41. The topological polar surface area (TPSA) is 253 Å². The van der Waals surface area contributed by atoms with Crippen LogP contribution in [0.4, 0.5) is 0 Å². The molecule has 360 valence electrons. The highest BCUT2D eigenvalue weighted by Crippen LogP contribution is 2.17. The zero-order valence-corrected chi connectivity index (χ0v) is 37.7. The average molecular weight is 888 g/mol. The monoisotopic (exact) mass is 888 g/mol. The number of carbonyl (C=O) groups is 7. The van der Waals surface area contributed by atoms with Gasteiger partial charge in [-0.05, 0) is 44.9 Å². The molecule has 0 fully saturated rings. The Labute approximate surface area is 369 Å². The number of rotatable bonds is 47. The molecule has 0 aromatic rings. The lowest BCUT2D eigenvalue weighted by molar-refractivity contribution is -0.144. The predicted octanol–water partition coefficient (Wildman–Crippen LogP) is 5.84. The van der Waals surface area contributed by atoms with Crippen molar-refractivity contribution in [1.82, 2.24) is 16.0 Å². The lowest BCUT2D eigenvalue weighted by Crippen LogP contribution is -2.33. The Kier molecular flexibility index (Phi) is 40.1. The first-order valence-electron chi connectivity index (χ1n) is 23.2. The van der Waals surface area contributed by atoms with Crippen LogP contribution in [0.25, 0.3) is 0 Å². The van der Waals surface area contributed by atoms with Crippen LogP contribution in [0.3, 0.4) is 0 Å². The largest absolute Gasteiger partial charge is 0.481 e. The molecule has 0 aliphatic rings. The van der Waals surface area contributed by atoms with Crippen LogP contribution in [0.5, 0.6) is 0 Å². The molecule has 6 N–H and O–H groups in total. The van der Waals surface area contributed by atoms with Gasteiger partial charge >= 0.3 is 17.9 Å². The van der Waals surface area contributed by atoms with E-state index in [1.807, 2.05) is 0 Å². The fourth-order valence-electron chi connectivity index (χ4n) is 6.41. The molecule has 3 amide bonds. The van der Waals surface area contributed by atoms with E-state index in [2.05, 4.69) is 16.0 Å². The molecule has 0 bridgehead atoms. The minimum absolute atomic E-state index is 0.0443. The summed E-state index contributed by atoms with van der Waals surface area (Å²) in [5.74, 6) is -4.84. The smallest absolute Gasteiger partial charge is 0.306 e. The van der Waals surface area contributed by atoms with Crippen LogP contribution in [0.2, 0.25) is 0 Å². The molecule has 0 aromatic heterocycles. The van der Waals surface area contributed by atoms with Gasteiger partial charge < -0.3 is 50.2 Å². The molecule has 0 spiro atoms. The Balaban J connectivity index is 3.60. The van der Waals surface area contributed by atoms with E-state index in [-0.39, 0.29) is 62.4 Å². The van der Waals surface area contributed by atoms with Crippen LogP contribution >= 0.6 is 0 Å². The van der Waals surface area contributed by atoms with Crippen LogP contribution in [0, 0.1) is 11.8 Å². The van der Waals surface area contributed by atoms with Crippen LogP contribution < -0.4 is 16.0 Å². The lowest BCUT2D eigenvalue weighted by atomic mass is 9.94. The minimum atomic E-state index is -1.05. The van der Waals surface area contributed by atoms with Crippen LogP contribution in [0.1, 0.15) is 161 Å². The van der Waals surface area contributed by atoms with E-state index < -0.39 is 29.7 Å². The van der Waals surface area contributed by atoms with Gasteiger partial charge in [0.2, 0.25) is 17.7 Å². The highest BCUT2D eigenvalue weighted by atomic mass is 16.5. The van der Waals surface area contributed by atoms with Crippen molar-refractivity contribution >= 4 is 41.4 Å². The number of ketones is 1. The van der Waals surface area contributed by atoms with Crippen LogP contribution in [0.15, 0.2) is 0 Å². The van der Waals surface area contributed by atoms with Gasteiger partial charge in [-0.2, -0.15) is 0 Å². The summed E-state index contributed by atoms with van der Waals surface area (Å²) in [4.78, 5) is 81.3. The zero-order chi connectivity index (χ0) is 45.9. The summed E-state index contributed by atoms with van der Waals surface area (Å²) in [6, 6.07) is 0. The standard InChI is InChI=1S/C45H81N3O14/c1-37(44(55)56)20-16-17-25-47-41(51)35-62-36-42(52)48-27-19-29-60-31-33-61-32-30-59-28-18-26-46-40(50)24-23-38(45(57)58)34-39(49)21-14-12-10-8-6-4-2-3-5-7-9-11-13-15-22-43(53)54/h37-38H,2-36H2,1H3,(H,46,50)(H,47,51)(H,48,52)(H,53,54)(H,55,56)(H,57,58)/t37-,38+/m0/s1. The van der Waals surface area contributed by atoms with E-state index in [0.717, 1.165) is 44.9 Å². The van der Waals surface area contributed by atoms with E-state index >= 15 is 0 Å². The van der Waals surface area contributed by atoms with Crippen LogP contribution in [-0.2, 0) is 52.5 Å². The third-order valence-electron chi connectivity index (χ3n) is 10.2. The number of carboxylic acids is 3. The van der Waals surface area contributed by atoms with E-state index in [1.54, 1.807) is 6.92 Å². The van der Waals surface area contributed by atoms with Crippen molar-refractivity contribution in [1.29, 1.82) is 0 Å². The molecule has 0 unspecified atom stereocenters. The highest BCUT2D eigenvalue weighted by molar-refractivity contribution is 5.84. The third kappa shape index (κ3) is 41.7. The predicted molar refractivity (Wildman–Crippen MR) is 234 cm³/mol. The Morgan fingerprint density at radius 3 is 1.29 bits per heavy atom. The van der Waals surface area contributed by atoms with E-state index in [1.165, 1.54) is 44.9 Å². The van der Waals surface area contributed by atoms with Gasteiger partial charge in [-0.1, -0.05) is 90.4 Å². The van der Waals surface area contributed by atoms with Gasteiger partial charge in [-0.15, -0.1) is 0 Å². The van der Waals surface area contributed by atoms with Gasteiger partial charge in [0.25, 0.3) is 0 Å². The van der Waals surface area contributed by atoms with E-state index in [0.29, 0.717) is 97.8 Å². The molecule has 0 saturated heterocycles. The van der Waals surface area contributed by atoms with Crippen molar-refractivity contribution in [3.63, 3.8) is 0 Å². The molecule has 0 rings (SSSR count). The number of carboxylic acid groups (broad SMARTS) is 3. The SMILES string of the molecule is C[C@@H](CCCCNC(=O)COCC(=O)NCCCOCCOCCOCCCNC(=O)CC[C@H](CC(=O)CCCCCCCCCCCCCCCCC(=O)O)C(=O)O)C(=O)O. The number of unbranched alkanes of at least 4 members (excludes halogenated alkanes) is 14. The van der Waals surface area contributed by atoms with Crippen molar-refractivity contribution in [2.45, 2.75) is 161 Å². The second kappa shape index (κ2) is 42.6. The molecule has 2 atom stereocenters. The van der Waals surface area contributed by atoms with Gasteiger partial charge in [0, 0.05) is 58.5 Å². The maximum absolute atomic E-state index is 12.4. The first kappa shape index (κ1) is 58.3. The van der Waals surface area contributed by atoms with Crippen LogP contribution in [-0.4, -0.2) is 129 Å². The second-order valence-electron chi connectivity index (χ2n) is 16.0. The number of nitrogens with one attached hydrogen (secondary N) is 3. The Bertz CT molecular complexity index is 1200. The van der Waals surface area contributed by atoms with Crippen molar-refractivity contribution in [2.24, 2.45) is 11.8 Å². The molecule has 0 aliphatic carbocycles. The van der Waals surface area contributed by atoms with Crippen molar-refractivity contribution in [2.75, 3.05) is 72.5 Å². The van der Waals surface area contributed by atoms with Crippen molar-refractivity contribution in [3.05, 3.63) is 0 Å². The van der Waals surface area contributed by atoms with Gasteiger partial charge in [-0.25, -0.2) is 0 Å². The van der Waals surface area contributed by atoms with Gasteiger partial charge in [0.15, 0.2) is 0 Å². The summed E-state index contributed by atoms with van der Waals surface area (Å²) in [6.45, 7) is 4.79. The molecular weight excluding hydrogens is 807 g/mol. The maximum Gasteiger partial charge on any atom is 0.306 e. The molecule has 17 nitrogen and oxygen atoms in total. The van der Waals surface area contributed by atoms with E-state index in [9.17, 15) is 38.7 Å². The average Bonchev–Trinajstić information content (AvgIpc) is 3.22. The molecule has 0 heterocycles. The lowest BCUT2D eigenvalue weighted by Gasteiger charge is -2.12. The second-order valence-corrected chi connectivity index (χ2v) is 16.0. The molecule has 0 radical (unpaired) electrons. The van der Waals surface area contributed by atoms with Crippen molar-refractivity contribution in [3.8, 4) is 0 Å². The molecule has 62 heavy (non-hydrogen) atoms. The van der Waals surface area contributed by atoms with Crippen molar-refractivity contribution < 1.29 is 67.8 Å². The molecule has 0 saturated carbocycles. The Morgan fingerprint density at radius 1 is 0.419 bits per heavy atom. The number of carbonyl (C=O) groups excluding carboxylic acids is 4. The molecular formula is C45H81N3O14. The number of ether oxygens (including phenoxy) is 4. The number of amides is 3. The first-order valence-corrected chi connectivity index (χ1v) is 23.2. The summed E-state index contributed by atoms with van der Waals surface area (Å²) in [5.41, 5.74) is 0. The summed E-state index contributed by atoms with van der Waals surface area (Å²) >= 11 is 0. The highest BCUT2D eigenvalue weighted by Gasteiger charge is 2.22. The normalized spacial score (nSPS) is 12.1. The van der Waals surface area contributed by atoms with E-state index in [4.69, 9.17) is 29.2 Å². The molecule has 0 aliphatic heterocycles. The summed E-state index contributed by atoms with van der Waals surface area (Å²) in [5, 5.41) is 35.2. The summed E-state index contributed by atoms with van der Waals surface area (Å²) in [7, 11) is 0.